The van der Waals surface area contributed by atoms with Crippen LogP contribution in [0.1, 0.15) is 60.3 Å². The van der Waals surface area contributed by atoms with Gasteiger partial charge < -0.3 is 29.9 Å². The number of aromatic hydroxyl groups is 5. The first kappa shape index (κ1) is 22.8. The molecule has 0 bridgehead atoms. The smallest absolute Gasteiger partial charge is 0.347 e. The molecular formula is C29H16O10. The lowest BCUT2D eigenvalue weighted by Crippen LogP contribution is -2.51. The molecule has 0 aliphatic heterocycles. The summed E-state index contributed by atoms with van der Waals surface area (Å²) in [6.45, 7) is 2.92. The zero-order chi connectivity index (χ0) is 27.9. The van der Waals surface area contributed by atoms with E-state index < -0.39 is 62.5 Å². The molecule has 0 fully saturated rings. The molecule has 4 aromatic rings. The number of rotatable bonds is 0. The minimum Gasteiger partial charge on any atom is -0.508 e. The van der Waals surface area contributed by atoms with Gasteiger partial charge in [-0.2, -0.15) is 0 Å². The number of carbonyl (C=O) groups excluding carboxylic acids is 3. The van der Waals surface area contributed by atoms with Crippen LogP contribution >= 0.6 is 0 Å². The van der Waals surface area contributed by atoms with Crippen LogP contribution in [0.25, 0.3) is 28.2 Å². The monoisotopic (exact) mass is 524 g/mol. The predicted molar refractivity (Wildman–Crippen MR) is 135 cm³/mol. The Kier molecular flexibility index (Phi) is 3.93. The van der Waals surface area contributed by atoms with E-state index in [0.29, 0.717) is 0 Å². The molecule has 0 saturated carbocycles. The Bertz CT molecular complexity index is 2060. The van der Waals surface area contributed by atoms with Crippen LogP contribution in [0.4, 0.5) is 0 Å². The summed E-state index contributed by atoms with van der Waals surface area (Å²) in [4.78, 5) is 56.0. The number of phenolic OH excluding ortho intramolecular Hbond substituents is 5. The first-order valence-corrected chi connectivity index (χ1v) is 11.7. The van der Waals surface area contributed by atoms with E-state index in [-0.39, 0.29) is 61.2 Å². The number of phenols is 5. The highest BCUT2D eigenvalue weighted by Gasteiger charge is 2.60. The van der Waals surface area contributed by atoms with Crippen LogP contribution in [0, 0.1) is 6.92 Å². The molecule has 1 atom stereocenters. The second kappa shape index (κ2) is 6.73. The van der Waals surface area contributed by atoms with Crippen molar-refractivity contribution >= 4 is 34.4 Å². The van der Waals surface area contributed by atoms with Gasteiger partial charge in [-0.15, -0.1) is 0 Å². The minimum atomic E-state index is -2.43. The van der Waals surface area contributed by atoms with E-state index in [1.165, 1.54) is 32.1 Å². The van der Waals surface area contributed by atoms with Crippen molar-refractivity contribution in [3.63, 3.8) is 0 Å². The Balaban J connectivity index is 1.76. The molecule has 0 unspecified atom stereocenters. The number of Topliss-reactive ketones (excluding diaryl/α,β-unsaturated/α-hetero) is 2. The molecule has 1 aromatic heterocycles. The van der Waals surface area contributed by atoms with Crippen molar-refractivity contribution in [2.24, 2.45) is 0 Å². The maximum Gasteiger partial charge on any atom is 0.347 e. The number of fused-ring (bicyclic) bond motifs is 2. The SMILES string of the molecule is CC1=Cc2cc(O)cc(O)c2C(=O)[C@]12C(=O)c1c3c4c(c(O)cc(C)c4oc1=O)C(=O)c1c(O)cc(O)c2c1-3. The summed E-state index contributed by atoms with van der Waals surface area (Å²) >= 11 is 0. The molecule has 192 valence electrons. The van der Waals surface area contributed by atoms with Gasteiger partial charge in [0, 0.05) is 34.2 Å². The van der Waals surface area contributed by atoms with Crippen molar-refractivity contribution in [2.75, 3.05) is 0 Å². The van der Waals surface area contributed by atoms with Crippen molar-refractivity contribution in [1.29, 1.82) is 0 Å². The fraction of sp³-hybridized carbons (Fsp3) is 0.103. The highest BCUT2D eigenvalue weighted by atomic mass is 16.4. The lowest BCUT2D eigenvalue weighted by atomic mass is 9.56. The Morgan fingerprint density at radius 1 is 0.667 bits per heavy atom. The fourth-order valence-electron chi connectivity index (χ4n) is 6.44. The Labute approximate surface area is 217 Å². The van der Waals surface area contributed by atoms with E-state index in [0.717, 1.165) is 12.1 Å². The van der Waals surface area contributed by atoms with Gasteiger partial charge >= 0.3 is 5.63 Å². The van der Waals surface area contributed by atoms with E-state index in [1.54, 1.807) is 0 Å². The second-order valence-electron chi connectivity index (χ2n) is 9.96. The van der Waals surface area contributed by atoms with Crippen molar-refractivity contribution in [3.8, 4) is 39.9 Å². The number of hydrogen-bond acceptors (Lipinski definition) is 10. The van der Waals surface area contributed by atoms with Gasteiger partial charge in [-0.3, -0.25) is 14.4 Å². The van der Waals surface area contributed by atoms with Crippen LogP contribution in [0.5, 0.6) is 28.7 Å². The molecule has 1 spiro atoms. The molecule has 3 aliphatic rings. The molecule has 3 aromatic carbocycles. The third kappa shape index (κ3) is 2.33. The number of benzene rings is 3. The first-order valence-electron chi connectivity index (χ1n) is 11.7. The second-order valence-corrected chi connectivity index (χ2v) is 9.96. The molecule has 1 heterocycles. The normalized spacial score (nSPS) is 18.5. The molecule has 39 heavy (non-hydrogen) atoms. The molecule has 0 amide bonds. The summed E-state index contributed by atoms with van der Waals surface area (Å²) in [5.74, 6) is -5.83. The van der Waals surface area contributed by atoms with Crippen LogP contribution in [0.2, 0.25) is 0 Å². The number of carbonyl (C=O) groups is 3. The molecule has 0 radical (unpaired) electrons. The predicted octanol–water partition coefficient (Wildman–Crippen LogP) is 3.57. The van der Waals surface area contributed by atoms with Gasteiger partial charge in [0.1, 0.15) is 45.3 Å². The van der Waals surface area contributed by atoms with Gasteiger partial charge in [-0.25, -0.2) is 4.79 Å². The minimum absolute atomic E-state index is 0.0219. The van der Waals surface area contributed by atoms with Gasteiger partial charge in [-0.1, -0.05) is 6.08 Å². The highest BCUT2D eigenvalue weighted by Crippen LogP contribution is 2.60. The van der Waals surface area contributed by atoms with Crippen LogP contribution in [0.3, 0.4) is 0 Å². The van der Waals surface area contributed by atoms with E-state index in [4.69, 9.17) is 4.42 Å². The van der Waals surface area contributed by atoms with Gasteiger partial charge in [0.15, 0.2) is 11.6 Å². The zero-order valence-corrected chi connectivity index (χ0v) is 20.2. The molecule has 3 aliphatic carbocycles. The van der Waals surface area contributed by atoms with E-state index in [9.17, 15) is 44.7 Å². The number of ketones is 3. The summed E-state index contributed by atoms with van der Waals surface area (Å²) in [6, 6.07) is 4.15. The maximum absolute atomic E-state index is 14.5. The summed E-state index contributed by atoms with van der Waals surface area (Å²) in [5.41, 5.74) is -5.64. The fourth-order valence-corrected chi connectivity index (χ4v) is 6.44. The van der Waals surface area contributed by atoms with Crippen molar-refractivity contribution in [1.82, 2.24) is 0 Å². The van der Waals surface area contributed by atoms with Gasteiger partial charge in [0.05, 0.1) is 16.7 Å². The summed E-state index contributed by atoms with van der Waals surface area (Å²) in [6.07, 6.45) is 1.35. The first-order chi connectivity index (χ1) is 18.4. The Hall–Kier alpha value is -5.38. The number of hydrogen-bond donors (Lipinski definition) is 5. The molecule has 0 saturated heterocycles. The summed E-state index contributed by atoms with van der Waals surface area (Å²) < 4.78 is 5.49. The topological polar surface area (TPSA) is 183 Å². The van der Waals surface area contributed by atoms with E-state index >= 15 is 0 Å². The Morgan fingerprint density at radius 3 is 2.03 bits per heavy atom. The van der Waals surface area contributed by atoms with Crippen LogP contribution < -0.4 is 5.63 Å². The lowest BCUT2D eigenvalue weighted by molar-refractivity contribution is 0.0782. The standard InChI is InChI=1S/C29H16O10/c1-8-3-12(31)18-21-19-20-17(24(18)35)14(33)7-15(34)23(20)29(27(37)22(19)28(38)39-25(8)21)9(2)4-10-5-11(30)6-13(32)16(10)26(29)36/h3-7,30-34H,1-2H3/t29-/m0/s1. The molecule has 5 N–H and O–H groups in total. The van der Waals surface area contributed by atoms with E-state index in [2.05, 4.69) is 0 Å². The molecule has 7 rings (SSSR count). The number of allylic oxidation sites excluding steroid dienone is 1. The maximum atomic E-state index is 14.5. The lowest BCUT2D eigenvalue weighted by Gasteiger charge is -2.42. The highest BCUT2D eigenvalue weighted by molar-refractivity contribution is 6.38. The quantitative estimate of drug-likeness (QED) is 0.148. The summed E-state index contributed by atoms with van der Waals surface area (Å²) in [5, 5.41) is 53.3. The number of aryl methyl sites for hydroxylation is 1. The molecular weight excluding hydrogens is 508 g/mol. The van der Waals surface area contributed by atoms with Gasteiger partial charge in [0.25, 0.3) is 0 Å². The van der Waals surface area contributed by atoms with Gasteiger partial charge in [-0.05, 0) is 42.7 Å². The molecule has 10 nitrogen and oxygen atoms in total. The van der Waals surface area contributed by atoms with Crippen molar-refractivity contribution in [3.05, 3.63) is 79.2 Å². The average Bonchev–Trinajstić information content (AvgIpc) is 2.83. The van der Waals surface area contributed by atoms with Crippen molar-refractivity contribution < 1.29 is 44.3 Å². The Morgan fingerprint density at radius 2 is 1.31 bits per heavy atom. The van der Waals surface area contributed by atoms with Crippen LogP contribution in [0.15, 0.2) is 39.1 Å². The van der Waals surface area contributed by atoms with Crippen molar-refractivity contribution in [2.45, 2.75) is 19.3 Å². The third-order valence-corrected chi connectivity index (χ3v) is 7.94. The van der Waals surface area contributed by atoms with Gasteiger partial charge in [0.2, 0.25) is 5.78 Å². The summed E-state index contributed by atoms with van der Waals surface area (Å²) in [7, 11) is 0. The third-order valence-electron chi connectivity index (χ3n) is 7.94. The largest absolute Gasteiger partial charge is 0.508 e. The van der Waals surface area contributed by atoms with Crippen LogP contribution in [-0.2, 0) is 5.41 Å². The van der Waals surface area contributed by atoms with E-state index in [1.807, 2.05) is 0 Å². The molecule has 10 heteroatoms. The zero-order valence-electron chi connectivity index (χ0n) is 20.2. The van der Waals surface area contributed by atoms with Crippen LogP contribution in [-0.4, -0.2) is 42.9 Å². The average molecular weight is 524 g/mol.